The maximum absolute atomic E-state index is 13.2. The van der Waals surface area contributed by atoms with Crippen LogP contribution in [-0.4, -0.2) is 21.6 Å². The second-order valence-corrected chi connectivity index (χ2v) is 4.20. The van der Waals surface area contributed by atoms with Crippen molar-refractivity contribution < 1.29 is 12.4 Å². The first-order chi connectivity index (χ1) is 8.24. The van der Waals surface area contributed by atoms with E-state index >= 15 is 0 Å². The van der Waals surface area contributed by atoms with Crippen LogP contribution in [0.1, 0.15) is 0 Å². The lowest BCUT2D eigenvalue weighted by atomic mass is 10.1. The number of aromatic nitrogens is 1. The molecular formula is C11H7AlF2NOP. The Morgan fingerprint density at radius 2 is 2.06 bits per heavy atom. The molecule has 0 fully saturated rings. The third-order valence-electron chi connectivity index (χ3n) is 2.19. The zero-order valence-electron chi connectivity index (χ0n) is 8.65. The molecule has 84 valence electrons. The molecule has 0 aliphatic rings. The fourth-order valence-electron chi connectivity index (χ4n) is 1.44. The predicted molar refractivity (Wildman–Crippen MR) is 65.1 cm³/mol. The Hall–Kier alpha value is -1.01. The van der Waals surface area contributed by atoms with Gasteiger partial charge >= 0.3 is 16.6 Å². The van der Waals surface area contributed by atoms with Gasteiger partial charge < -0.3 is 3.79 Å². The summed E-state index contributed by atoms with van der Waals surface area (Å²) in [5.41, 5.74) is 1.33. The van der Waals surface area contributed by atoms with Gasteiger partial charge in [-0.1, -0.05) is 6.07 Å². The van der Waals surface area contributed by atoms with E-state index in [1.165, 1.54) is 18.2 Å². The van der Waals surface area contributed by atoms with Crippen LogP contribution in [0.5, 0.6) is 5.75 Å². The summed E-state index contributed by atoms with van der Waals surface area (Å²) in [5, 5.41) is 0. The highest BCUT2D eigenvalue weighted by Gasteiger charge is 2.08. The van der Waals surface area contributed by atoms with Crippen molar-refractivity contribution in [2.45, 2.75) is 0 Å². The molecule has 0 aliphatic carbocycles. The highest BCUT2D eigenvalue weighted by atomic mass is 31.1. The summed E-state index contributed by atoms with van der Waals surface area (Å²) in [5.74, 6) is 0.0870. The first-order valence-corrected chi connectivity index (χ1v) is 6.10. The smallest absolute Gasteiger partial charge is 0.482 e. The third-order valence-corrected chi connectivity index (χ3v) is 2.92. The summed E-state index contributed by atoms with van der Waals surface area (Å²) in [6.07, 6.45) is 0. The zero-order valence-corrected chi connectivity index (χ0v) is 10.8. The Kier molecular flexibility index (Phi) is 4.07. The fourth-order valence-corrected chi connectivity index (χ4v) is 1.97. The van der Waals surface area contributed by atoms with Crippen LogP contribution in [0.4, 0.5) is 8.59 Å². The van der Waals surface area contributed by atoms with Gasteiger partial charge in [0.1, 0.15) is 14.7 Å². The number of rotatable bonds is 3. The molecule has 0 spiro atoms. The molecule has 6 heteroatoms. The van der Waals surface area contributed by atoms with Gasteiger partial charge in [-0.3, -0.25) is 0 Å². The highest BCUT2D eigenvalue weighted by Crippen LogP contribution is 2.29. The minimum Gasteiger partial charge on any atom is -0.653 e. The highest BCUT2D eigenvalue weighted by molar-refractivity contribution is 7.41. The summed E-state index contributed by atoms with van der Waals surface area (Å²) >= 11 is 2.10. The van der Waals surface area contributed by atoms with E-state index in [9.17, 15) is 8.59 Å². The lowest BCUT2D eigenvalue weighted by Gasteiger charge is -2.10. The van der Waals surface area contributed by atoms with Crippen molar-refractivity contribution in [1.82, 2.24) is 4.98 Å². The van der Waals surface area contributed by atoms with E-state index in [0.29, 0.717) is 22.4 Å². The summed E-state index contributed by atoms with van der Waals surface area (Å²) in [7, 11) is -0.885. The van der Waals surface area contributed by atoms with E-state index in [1.807, 2.05) is 0 Å². The molecule has 2 aromatic rings. The molecule has 0 saturated heterocycles. The third kappa shape index (κ3) is 2.81. The van der Waals surface area contributed by atoms with Crippen LogP contribution in [0, 0.1) is 5.82 Å². The SMILES string of the molecule is FPc1cccc(-c2cc(F)ccc2[O][Al])n1. The Morgan fingerprint density at radius 1 is 1.24 bits per heavy atom. The van der Waals surface area contributed by atoms with Gasteiger partial charge in [0.15, 0.2) is 0 Å². The standard InChI is InChI=1S/C11H8F2NOP.Al/c12-7-4-5-10(15)8(6-7)9-2-1-3-11(14-9)16-13;/h1-6,15-16H;/q;+1/p-1. The average Bonchev–Trinajstić information content (AvgIpc) is 2.39. The van der Waals surface area contributed by atoms with Gasteiger partial charge in [0.05, 0.1) is 16.9 Å². The van der Waals surface area contributed by atoms with E-state index in [1.54, 1.807) is 18.2 Å². The van der Waals surface area contributed by atoms with Crippen molar-refractivity contribution in [3.8, 4) is 17.0 Å². The van der Waals surface area contributed by atoms with E-state index < -0.39 is 8.89 Å². The van der Waals surface area contributed by atoms with Crippen LogP contribution in [0.3, 0.4) is 0 Å². The van der Waals surface area contributed by atoms with Crippen molar-refractivity contribution in [2.75, 3.05) is 0 Å². The minimum absolute atomic E-state index is 0.335. The van der Waals surface area contributed by atoms with Crippen LogP contribution in [0.25, 0.3) is 11.3 Å². The normalized spacial score (nSPS) is 10.9. The van der Waals surface area contributed by atoms with Gasteiger partial charge in [-0.15, -0.1) is 0 Å². The molecule has 0 bridgehead atoms. The number of nitrogens with zero attached hydrogens (tertiary/aromatic N) is 1. The molecule has 2 nitrogen and oxygen atoms in total. The van der Waals surface area contributed by atoms with E-state index in [0.717, 1.165) is 0 Å². The molecule has 1 unspecified atom stereocenters. The van der Waals surface area contributed by atoms with Crippen LogP contribution in [0.15, 0.2) is 36.4 Å². The molecule has 0 amide bonds. The molecule has 0 N–H and O–H groups in total. The summed E-state index contributed by atoms with van der Waals surface area (Å²) in [4.78, 5) is 4.09. The summed E-state index contributed by atoms with van der Waals surface area (Å²) in [6, 6.07) is 9.07. The van der Waals surface area contributed by atoms with Crippen molar-refractivity contribution in [1.29, 1.82) is 0 Å². The van der Waals surface area contributed by atoms with Gasteiger partial charge in [-0.2, -0.15) is 0 Å². The van der Waals surface area contributed by atoms with Crippen molar-refractivity contribution in [2.24, 2.45) is 0 Å². The number of hydrogen-bond donors (Lipinski definition) is 0. The van der Waals surface area contributed by atoms with Gasteiger partial charge in [-0.05, 0) is 30.3 Å². The number of benzene rings is 1. The van der Waals surface area contributed by atoms with Crippen molar-refractivity contribution in [3.05, 3.63) is 42.2 Å². The Morgan fingerprint density at radius 3 is 2.76 bits per heavy atom. The second kappa shape index (κ2) is 5.55. The first-order valence-electron chi connectivity index (χ1n) is 4.75. The molecule has 1 atom stereocenters. The first kappa shape index (κ1) is 12.4. The summed E-state index contributed by atoms with van der Waals surface area (Å²) in [6.45, 7) is 0. The monoisotopic (exact) mass is 265 g/mol. The Bertz CT molecular complexity index is 539. The number of halogens is 2. The molecule has 0 aliphatic heterocycles. The molecule has 2 rings (SSSR count). The molecule has 1 aromatic heterocycles. The lowest BCUT2D eigenvalue weighted by Crippen LogP contribution is -2.01. The average molecular weight is 265 g/mol. The van der Waals surface area contributed by atoms with Gasteiger partial charge in [0, 0.05) is 5.56 Å². The topological polar surface area (TPSA) is 22.1 Å². The van der Waals surface area contributed by atoms with Gasteiger partial charge in [-0.25, -0.2) is 13.6 Å². The Balaban J connectivity index is 2.54. The number of pyridine rings is 1. The molecule has 2 radical (unpaired) electrons. The minimum atomic E-state index is -0.885. The fraction of sp³-hybridized carbons (Fsp3) is 0. The van der Waals surface area contributed by atoms with Crippen LogP contribution in [0.2, 0.25) is 0 Å². The Labute approximate surface area is 108 Å². The quantitative estimate of drug-likeness (QED) is 0.628. The van der Waals surface area contributed by atoms with Crippen molar-refractivity contribution >= 4 is 31.0 Å². The molecule has 17 heavy (non-hydrogen) atoms. The van der Waals surface area contributed by atoms with E-state index in [2.05, 4.69) is 21.6 Å². The molecule has 1 heterocycles. The van der Waals surface area contributed by atoms with E-state index in [-0.39, 0.29) is 5.82 Å². The predicted octanol–water partition coefficient (Wildman–Crippen LogP) is 2.54. The number of hydrogen-bond acceptors (Lipinski definition) is 2. The molecule has 1 aromatic carbocycles. The maximum Gasteiger partial charge on any atom is 0.482 e. The second-order valence-electron chi connectivity index (χ2n) is 3.26. The van der Waals surface area contributed by atoms with Crippen LogP contribution >= 0.6 is 8.89 Å². The van der Waals surface area contributed by atoms with Gasteiger partial charge in [0.25, 0.3) is 0 Å². The van der Waals surface area contributed by atoms with Gasteiger partial charge in [0.2, 0.25) is 0 Å². The summed E-state index contributed by atoms with van der Waals surface area (Å²) < 4.78 is 30.8. The van der Waals surface area contributed by atoms with Crippen LogP contribution < -0.4 is 9.22 Å². The molecule has 0 saturated carbocycles. The van der Waals surface area contributed by atoms with Crippen molar-refractivity contribution in [3.63, 3.8) is 0 Å². The van der Waals surface area contributed by atoms with Crippen LogP contribution in [-0.2, 0) is 0 Å². The zero-order chi connectivity index (χ0) is 12.3. The lowest BCUT2D eigenvalue weighted by molar-refractivity contribution is 0.601. The van der Waals surface area contributed by atoms with E-state index in [4.69, 9.17) is 3.79 Å². The molecular weight excluding hydrogens is 258 g/mol. The maximum atomic E-state index is 13.2. The largest absolute Gasteiger partial charge is 0.653 e.